The monoisotopic (exact) mass is 1220 g/mol. The Hall–Kier alpha value is -7.99. The van der Waals surface area contributed by atoms with Crippen molar-refractivity contribution in [1.29, 1.82) is 0 Å². The Morgan fingerprint density at radius 2 is 0.568 bits per heavy atom. The lowest BCUT2D eigenvalue weighted by molar-refractivity contribution is 0.629. The molecule has 0 saturated heterocycles. The van der Waals surface area contributed by atoms with Crippen LogP contribution in [0, 0.1) is 39.3 Å². The van der Waals surface area contributed by atoms with Gasteiger partial charge in [0.25, 0.3) is 0 Å². The largest absolute Gasteiger partial charge is 0.307 e. The van der Waals surface area contributed by atoms with Crippen molar-refractivity contribution in [3.8, 4) is 44.5 Å². The second-order valence-electron chi connectivity index (χ2n) is 28.8. The number of hydrogen-bond acceptors (Lipinski definition) is 2. The van der Waals surface area contributed by atoms with Crippen molar-refractivity contribution in [3.05, 3.63) is 240 Å². The minimum absolute atomic E-state index is 0.311. The van der Waals surface area contributed by atoms with Crippen LogP contribution in [-0.2, 0) is 0 Å². The molecule has 0 amide bonds. The summed E-state index contributed by atoms with van der Waals surface area (Å²) in [6.45, 7) is 36.9. The molecule has 0 bridgehead atoms. The average Bonchev–Trinajstić information content (AvgIpc) is 0.734. The van der Waals surface area contributed by atoms with Crippen LogP contribution in [0.3, 0.4) is 0 Å². The Labute approximate surface area is 525 Å². The molecule has 0 aliphatic heterocycles. The molecule has 88 heavy (non-hydrogen) atoms. The standard InChI is InChI=1S/C80H82F2N2Si4/c1-51-17-31-63(45-53(51)3)83(79-71(57-23-37-67(38-24-57)87(11,12)13)47-61(49-73(79)81)55-19-33-65(34-20-55)85(5,6)7)75-43-29-59-28-42-70-76(44-30-60-27-41-69(75)77(59)78(60)70)84(64-32-18-52(2)54(4)46-64)80-72(58-25-39-68(40-26-58)88(14,15)16)48-62(50-74(80)82)56-21-35-66(36-22-56)86(8,9)10/h17-50H,1-16H3. The Kier molecular flexibility index (Phi) is 15.5. The number of rotatable bonds is 14. The highest BCUT2D eigenvalue weighted by molar-refractivity contribution is 6.90. The molecule has 0 saturated carbocycles. The van der Waals surface area contributed by atoms with E-state index in [-0.39, 0.29) is 11.6 Å². The summed E-state index contributed by atoms with van der Waals surface area (Å²) in [6, 6.07) is 73.9. The Morgan fingerprint density at radius 1 is 0.273 bits per heavy atom. The van der Waals surface area contributed by atoms with E-state index in [0.29, 0.717) is 11.4 Å². The molecule has 442 valence electrons. The van der Waals surface area contributed by atoms with E-state index >= 15 is 8.78 Å². The second-order valence-corrected chi connectivity index (χ2v) is 49.1. The van der Waals surface area contributed by atoms with Gasteiger partial charge in [0.15, 0.2) is 0 Å². The predicted molar refractivity (Wildman–Crippen MR) is 392 cm³/mol. The van der Waals surface area contributed by atoms with Gasteiger partial charge < -0.3 is 9.80 Å². The number of aryl methyl sites for hydroxylation is 4. The van der Waals surface area contributed by atoms with Gasteiger partial charge in [0.05, 0.1) is 55.0 Å². The third kappa shape index (κ3) is 11.3. The quantitative estimate of drug-likeness (QED) is 0.0791. The van der Waals surface area contributed by atoms with Gasteiger partial charge in [-0.15, -0.1) is 0 Å². The summed E-state index contributed by atoms with van der Waals surface area (Å²) in [5.41, 5.74) is 16.1. The van der Waals surface area contributed by atoms with Gasteiger partial charge in [-0.2, -0.15) is 0 Å². The topological polar surface area (TPSA) is 6.48 Å². The first kappa shape index (κ1) is 60.3. The predicted octanol–water partition coefficient (Wildman–Crippen LogP) is 21.9. The lowest BCUT2D eigenvalue weighted by Gasteiger charge is -2.32. The molecule has 12 aromatic carbocycles. The average molecular weight is 1220 g/mol. The molecule has 0 N–H and O–H groups in total. The number of halogens is 2. The highest BCUT2D eigenvalue weighted by atomic mass is 28.3. The highest BCUT2D eigenvalue weighted by Gasteiger charge is 2.30. The molecule has 12 aromatic rings. The molecule has 0 aliphatic carbocycles. The molecular weight excluding hydrogens is 1140 g/mol. The van der Waals surface area contributed by atoms with E-state index in [0.717, 1.165) is 122 Å². The molecule has 8 heteroatoms. The third-order valence-corrected chi connectivity index (χ3v) is 26.7. The first-order valence-electron chi connectivity index (χ1n) is 31.2. The fraction of sp³-hybridized carbons (Fsp3) is 0.200. The summed E-state index contributed by atoms with van der Waals surface area (Å²) in [5.74, 6) is -0.623. The minimum Gasteiger partial charge on any atom is -0.307 e. The van der Waals surface area contributed by atoms with Gasteiger partial charge in [-0.05, 0) is 166 Å². The number of anilines is 6. The molecule has 0 fully saturated rings. The van der Waals surface area contributed by atoms with E-state index < -0.39 is 32.3 Å². The van der Waals surface area contributed by atoms with E-state index in [1.807, 2.05) is 0 Å². The second kappa shape index (κ2) is 22.6. The van der Waals surface area contributed by atoms with Crippen molar-refractivity contribution in [2.45, 2.75) is 106 Å². The molecule has 0 spiro atoms. The number of benzene rings is 12. The van der Waals surface area contributed by atoms with Crippen LogP contribution < -0.4 is 30.5 Å². The van der Waals surface area contributed by atoms with Crippen LogP contribution in [0.2, 0.25) is 78.6 Å². The van der Waals surface area contributed by atoms with Gasteiger partial charge in [0.2, 0.25) is 0 Å². The molecular formula is C80H82F2N2Si4. The summed E-state index contributed by atoms with van der Waals surface area (Å²) in [4.78, 5) is 4.34. The van der Waals surface area contributed by atoms with Crippen LogP contribution in [-0.4, -0.2) is 32.3 Å². The molecule has 2 nitrogen and oxygen atoms in total. The number of hydrogen-bond donors (Lipinski definition) is 0. The molecule has 0 aliphatic rings. The van der Waals surface area contributed by atoms with Crippen molar-refractivity contribution in [3.63, 3.8) is 0 Å². The third-order valence-electron chi connectivity index (χ3n) is 18.5. The maximum Gasteiger partial charge on any atom is 0.148 e. The van der Waals surface area contributed by atoms with Crippen molar-refractivity contribution in [1.82, 2.24) is 0 Å². The van der Waals surface area contributed by atoms with Gasteiger partial charge in [-0.1, -0.05) is 245 Å². The SMILES string of the molecule is Cc1ccc(N(c2c(F)cc(-c3ccc([Si](C)(C)C)cc3)cc2-c2ccc([Si](C)(C)C)cc2)c2ccc3ccc4c(N(c5ccc(C)c(C)c5)c5c(F)cc(-c6ccc([Si](C)(C)C)cc6)cc5-c5ccc([Si](C)(C)C)cc5)ccc5ccc2c3c54)cc1C. The maximum absolute atomic E-state index is 18.5. The van der Waals surface area contributed by atoms with Gasteiger partial charge in [0, 0.05) is 33.3 Å². The molecule has 0 heterocycles. The van der Waals surface area contributed by atoms with Crippen LogP contribution >= 0.6 is 0 Å². The van der Waals surface area contributed by atoms with Crippen molar-refractivity contribution in [2.24, 2.45) is 0 Å². The molecule has 12 rings (SSSR count). The summed E-state index contributed by atoms with van der Waals surface area (Å²) in [7, 11) is -6.53. The summed E-state index contributed by atoms with van der Waals surface area (Å²) >= 11 is 0. The summed E-state index contributed by atoms with van der Waals surface area (Å²) < 4.78 is 37.0. The van der Waals surface area contributed by atoms with E-state index in [4.69, 9.17) is 0 Å². The van der Waals surface area contributed by atoms with Crippen LogP contribution in [0.4, 0.5) is 42.9 Å². The molecule has 0 radical (unpaired) electrons. The smallest absolute Gasteiger partial charge is 0.148 e. The van der Waals surface area contributed by atoms with Gasteiger partial charge >= 0.3 is 0 Å². The first-order valence-corrected chi connectivity index (χ1v) is 45.2. The zero-order valence-corrected chi connectivity index (χ0v) is 58.3. The molecule has 0 unspecified atom stereocenters. The number of nitrogens with zero attached hydrogens (tertiary/aromatic N) is 2. The zero-order chi connectivity index (χ0) is 62.5. The van der Waals surface area contributed by atoms with Crippen molar-refractivity contribution >= 4 is 119 Å². The van der Waals surface area contributed by atoms with Crippen LogP contribution in [0.1, 0.15) is 22.3 Å². The minimum atomic E-state index is -1.68. The fourth-order valence-electron chi connectivity index (χ4n) is 12.7. The lowest BCUT2D eigenvalue weighted by atomic mass is 9.90. The Bertz CT molecular complexity index is 4340. The van der Waals surface area contributed by atoms with Gasteiger partial charge in [-0.3, -0.25) is 0 Å². The van der Waals surface area contributed by atoms with Crippen LogP contribution in [0.25, 0.3) is 76.8 Å². The van der Waals surface area contributed by atoms with Crippen LogP contribution in [0.15, 0.2) is 206 Å². The van der Waals surface area contributed by atoms with Crippen LogP contribution in [0.5, 0.6) is 0 Å². The van der Waals surface area contributed by atoms with E-state index in [9.17, 15) is 0 Å². The van der Waals surface area contributed by atoms with E-state index in [1.54, 1.807) is 12.1 Å². The molecule has 0 aromatic heterocycles. The molecule has 0 atom stereocenters. The Morgan fingerprint density at radius 3 is 0.864 bits per heavy atom. The highest BCUT2D eigenvalue weighted by Crippen LogP contribution is 2.52. The summed E-state index contributed by atoms with van der Waals surface area (Å²) in [5, 5.41) is 11.6. The Balaban J connectivity index is 1.12. The normalized spacial score (nSPS) is 12.4. The lowest BCUT2D eigenvalue weighted by Crippen LogP contribution is -2.37. The van der Waals surface area contributed by atoms with E-state index in [1.165, 1.54) is 20.7 Å². The fourth-order valence-corrected chi connectivity index (χ4v) is 17.4. The zero-order valence-electron chi connectivity index (χ0n) is 54.3. The van der Waals surface area contributed by atoms with E-state index in [2.05, 4.69) is 310 Å². The van der Waals surface area contributed by atoms with Crippen molar-refractivity contribution in [2.75, 3.05) is 9.80 Å². The summed E-state index contributed by atoms with van der Waals surface area (Å²) in [6.07, 6.45) is 0. The van der Waals surface area contributed by atoms with Gasteiger partial charge in [0.1, 0.15) is 11.6 Å². The maximum atomic E-state index is 18.5. The van der Waals surface area contributed by atoms with Crippen molar-refractivity contribution < 1.29 is 8.78 Å². The van der Waals surface area contributed by atoms with Gasteiger partial charge in [-0.25, -0.2) is 8.78 Å². The first-order chi connectivity index (χ1) is 41.6.